The van der Waals surface area contributed by atoms with Crippen LogP contribution >= 0.6 is 0 Å². The van der Waals surface area contributed by atoms with Gasteiger partial charge in [0.2, 0.25) is 0 Å². The number of anilines is 1. The van der Waals surface area contributed by atoms with Crippen LogP contribution in [0.2, 0.25) is 0 Å². The van der Waals surface area contributed by atoms with Gasteiger partial charge in [-0.05, 0) is 30.3 Å². The lowest BCUT2D eigenvalue weighted by molar-refractivity contribution is -0.384. The van der Waals surface area contributed by atoms with E-state index in [9.17, 15) is 10.1 Å². The maximum Gasteiger partial charge on any atom is 0.295 e. The van der Waals surface area contributed by atoms with Gasteiger partial charge in [0.1, 0.15) is 11.6 Å². The molecule has 0 saturated carbocycles. The molecule has 98 valence electrons. The Labute approximate surface area is 110 Å². The van der Waals surface area contributed by atoms with E-state index in [-0.39, 0.29) is 5.69 Å². The van der Waals surface area contributed by atoms with Crippen molar-refractivity contribution in [1.29, 1.82) is 0 Å². The van der Waals surface area contributed by atoms with Gasteiger partial charge in [-0.25, -0.2) is 4.98 Å². The molecule has 0 amide bonds. The topological polar surface area (TPSA) is 77.3 Å². The van der Waals surface area contributed by atoms with Crippen LogP contribution in [-0.4, -0.2) is 24.1 Å². The van der Waals surface area contributed by atoms with E-state index in [1.165, 1.54) is 6.07 Å². The van der Waals surface area contributed by atoms with Gasteiger partial charge < -0.3 is 10.1 Å². The Hall–Kier alpha value is -2.63. The lowest BCUT2D eigenvalue weighted by Gasteiger charge is -2.06. The molecule has 1 N–H and O–H groups in total. The predicted octanol–water partition coefficient (Wildman–Crippen LogP) is 2.71. The SMILES string of the molecule is CNc1ccc([N+](=O)[O-])c(-c2ccc(OC)cc2)n1. The van der Waals surface area contributed by atoms with Crippen molar-refractivity contribution in [3.05, 3.63) is 46.5 Å². The van der Waals surface area contributed by atoms with Gasteiger partial charge in [-0.3, -0.25) is 10.1 Å². The number of nitro groups is 1. The first-order valence-electron chi connectivity index (χ1n) is 5.63. The first-order chi connectivity index (χ1) is 9.15. The van der Waals surface area contributed by atoms with E-state index in [4.69, 9.17) is 4.74 Å². The van der Waals surface area contributed by atoms with Crippen LogP contribution in [0.15, 0.2) is 36.4 Å². The molecule has 0 aliphatic carbocycles. The van der Waals surface area contributed by atoms with Crippen LogP contribution in [0.3, 0.4) is 0 Å². The molecule has 2 aromatic rings. The Morgan fingerprint density at radius 3 is 2.42 bits per heavy atom. The van der Waals surface area contributed by atoms with Crippen molar-refractivity contribution >= 4 is 11.5 Å². The van der Waals surface area contributed by atoms with Crippen LogP contribution in [0.5, 0.6) is 5.75 Å². The molecule has 19 heavy (non-hydrogen) atoms. The number of nitrogens with one attached hydrogen (secondary N) is 1. The van der Waals surface area contributed by atoms with Crippen LogP contribution in [0.25, 0.3) is 11.3 Å². The molecule has 0 radical (unpaired) electrons. The zero-order valence-corrected chi connectivity index (χ0v) is 10.6. The first-order valence-corrected chi connectivity index (χ1v) is 5.63. The summed E-state index contributed by atoms with van der Waals surface area (Å²) in [6, 6.07) is 9.99. The molecular weight excluding hydrogens is 246 g/mol. The zero-order valence-electron chi connectivity index (χ0n) is 10.6. The minimum Gasteiger partial charge on any atom is -0.497 e. The molecule has 0 bridgehead atoms. The largest absolute Gasteiger partial charge is 0.497 e. The molecule has 2 rings (SSSR count). The van der Waals surface area contributed by atoms with Gasteiger partial charge in [-0.1, -0.05) is 0 Å². The molecule has 0 atom stereocenters. The number of pyridine rings is 1. The van der Waals surface area contributed by atoms with Crippen molar-refractivity contribution in [3.63, 3.8) is 0 Å². The standard InChI is InChI=1S/C13H13N3O3/c1-14-12-8-7-11(16(17)18)13(15-12)9-3-5-10(19-2)6-4-9/h3-8H,1-2H3,(H,14,15). The minimum atomic E-state index is -0.438. The van der Waals surface area contributed by atoms with Gasteiger partial charge in [-0.15, -0.1) is 0 Å². The lowest BCUT2D eigenvalue weighted by atomic mass is 10.1. The van der Waals surface area contributed by atoms with Crippen LogP contribution in [0, 0.1) is 10.1 Å². The number of methoxy groups -OCH3 is 1. The van der Waals surface area contributed by atoms with Crippen molar-refractivity contribution in [3.8, 4) is 17.0 Å². The summed E-state index contributed by atoms with van der Waals surface area (Å²) in [5.41, 5.74) is 0.980. The zero-order chi connectivity index (χ0) is 13.8. The third-order valence-corrected chi connectivity index (χ3v) is 2.69. The maximum atomic E-state index is 11.0. The highest BCUT2D eigenvalue weighted by Crippen LogP contribution is 2.30. The molecule has 0 aliphatic heterocycles. The molecule has 0 unspecified atom stereocenters. The average molecular weight is 259 g/mol. The van der Waals surface area contributed by atoms with Crippen LogP contribution in [-0.2, 0) is 0 Å². The number of nitrogens with zero attached hydrogens (tertiary/aromatic N) is 2. The molecule has 0 spiro atoms. The quantitative estimate of drug-likeness (QED) is 0.674. The van der Waals surface area contributed by atoms with Crippen molar-refractivity contribution in [2.24, 2.45) is 0 Å². The van der Waals surface area contributed by atoms with Crippen molar-refractivity contribution in [1.82, 2.24) is 4.98 Å². The van der Waals surface area contributed by atoms with Gasteiger partial charge in [0.05, 0.1) is 12.0 Å². The van der Waals surface area contributed by atoms with E-state index in [0.717, 1.165) is 0 Å². The smallest absolute Gasteiger partial charge is 0.295 e. The number of aromatic nitrogens is 1. The van der Waals surface area contributed by atoms with Crippen LogP contribution in [0.1, 0.15) is 0 Å². The molecule has 0 fully saturated rings. The van der Waals surface area contributed by atoms with Crippen molar-refractivity contribution in [2.45, 2.75) is 0 Å². The summed E-state index contributed by atoms with van der Waals surface area (Å²) in [5, 5.41) is 13.9. The number of ether oxygens (including phenoxy) is 1. The van der Waals surface area contributed by atoms with Crippen molar-refractivity contribution < 1.29 is 9.66 Å². The Morgan fingerprint density at radius 2 is 1.89 bits per heavy atom. The highest BCUT2D eigenvalue weighted by Gasteiger charge is 2.17. The number of rotatable bonds is 4. The number of hydrogen-bond acceptors (Lipinski definition) is 5. The highest BCUT2D eigenvalue weighted by molar-refractivity contribution is 5.71. The molecule has 1 aromatic heterocycles. The fraction of sp³-hybridized carbons (Fsp3) is 0.154. The van der Waals surface area contributed by atoms with E-state index >= 15 is 0 Å². The summed E-state index contributed by atoms with van der Waals surface area (Å²) in [5.74, 6) is 1.27. The molecule has 6 heteroatoms. The summed E-state index contributed by atoms with van der Waals surface area (Å²) >= 11 is 0. The average Bonchev–Trinajstić information content (AvgIpc) is 2.46. The van der Waals surface area contributed by atoms with E-state index in [2.05, 4.69) is 10.3 Å². The molecule has 6 nitrogen and oxygen atoms in total. The Balaban J connectivity index is 2.54. The normalized spacial score (nSPS) is 10.0. The molecule has 0 aliphatic rings. The fourth-order valence-corrected chi connectivity index (χ4v) is 1.70. The molecule has 1 aromatic carbocycles. The second-order valence-corrected chi connectivity index (χ2v) is 3.80. The van der Waals surface area contributed by atoms with Gasteiger partial charge in [0.25, 0.3) is 5.69 Å². The maximum absolute atomic E-state index is 11.0. The summed E-state index contributed by atoms with van der Waals surface area (Å²) in [4.78, 5) is 14.8. The summed E-state index contributed by atoms with van der Waals surface area (Å²) in [7, 11) is 3.28. The summed E-state index contributed by atoms with van der Waals surface area (Å²) < 4.78 is 5.06. The third-order valence-electron chi connectivity index (χ3n) is 2.69. The molecular formula is C13H13N3O3. The Morgan fingerprint density at radius 1 is 1.21 bits per heavy atom. The van der Waals surface area contributed by atoms with E-state index < -0.39 is 4.92 Å². The fourth-order valence-electron chi connectivity index (χ4n) is 1.70. The van der Waals surface area contributed by atoms with E-state index in [1.807, 2.05) is 0 Å². The van der Waals surface area contributed by atoms with E-state index in [0.29, 0.717) is 22.8 Å². The molecule has 0 saturated heterocycles. The predicted molar refractivity (Wildman–Crippen MR) is 72.4 cm³/mol. The van der Waals surface area contributed by atoms with Crippen LogP contribution in [0.4, 0.5) is 11.5 Å². The Bertz CT molecular complexity index is 597. The van der Waals surface area contributed by atoms with Gasteiger partial charge >= 0.3 is 0 Å². The van der Waals surface area contributed by atoms with E-state index in [1.54, 1.807) is 44.5 Å². The molecule has 1 heterocycles. The van der Waals surface area contributed by atoms with Crippen molar-refractivity contribution in [2.75, 3.05) is 19.5 Å². The van der Waals surface area contributed by atoms with Crippen LogP contribution < -0.4 is 10.1 Å². The highest BCUT2D eigenvalue weighted by atomic mass is 16.6. The first kappa shape index (κ1) is 12.8. The van der Waals surface area contributed by atoms with Gasteiger partial charge in [0, 0.05) is 18.7 Å². The van der Waals surface area contributed by atoms with Gasteiger partial charge in [0.15, 0.2) is 5.69 Å². The lowest BCUT2D eigenvalue weighted by Crippen LogP contribution is -1.98. The number of benzene rings is 1. The van der Waals surface area contributed by atoms with Gasteiger partial charge in [-0.2, -0.15) is 0 Å². The summed E-state index contributed by atoms with van der Waals surface area (Å²) in [6.07, 6.45) is 0. The summed E-state index contributed by atoms with van der Waals surface area (Å²) in [6.45, 7) is 0. The Kier molecular flexibility index (Phi) is 3.61. The second-order valence-electron chi connectivity index (χ2n) is 3.80. The third kappa shape index (κ3) is 2.62. The minimum absolute atomic E-state index is 0.0239. The monoisotopic (exact) mass is 259 g/mol. The second kappa shape index (κ2) is 5.34. The number of hydrogen-bond donors (Lipinski definition) is 1.